The fourth-order valence-electron chi connectivity index (χ4n) is 1.12. The number of benzene rings is 1. The Balaban J connectivity index is 2.89. The molecule has 0 fully saturated rings. The number of carbonyl (C=O) groups excluding carboxylic acids is 1. The van der Waals surface area contributed by atoms with Gasteiger partial charge in [-0.3, -0.25) is 4.79 Å². The molecule has 1 atom stereocenters. The first-order valence-corrected chi connectivity index (χ1v) is 4.21. The van der Waals surface area contributed by atoms with Crippen molar-refractivity contribution in [3.05, 3.63) is 48.2 Å². The van der Waals surface area contributed by atoms with Gasteiger partial charge in [-0.05, 0) is 0 Å². The fraction of sp³-hybridized carbons (Fsp3) is 0.182. The summed E-state index contributed by atoms with van der Waals surface area (Å²) in [5, 5.41) is 9.24. The van der Waals surface area contributed by atoms with Crippen molar-refractivity contribution < 1.29 is 14.6 Å². The van der Waals surface area contributed by atoms with E-state index in [1.54, 1.807) is 24.3 Å². The van der Waals surface area contributed by atoms with Crippen LogP contribution in [0, 0.1) is 0 Å². The minimum absolute atomic E-state index is 0.175. The van der Waals surface area contributed by atoms with Crippen molar-refractivity contribution in [2.75, 3.05) is 0 Å². The summed E-state index contributed by atoms with van der Waals surface area (Å²) < 4.78 is 4.91. The molecule has 1 aromatic carbocycles. The van der Waals surface area contributed by atoms with E-state index in [2.05, 4.69) is 6.58 Å². The number of carbonyl (C=O) groups is 1. The van der Waals surface area contributed by atoms with Crippen molar-refractivity contribution in [2.45, 2.75) is 13.0 Å². The zero-order valence-corrected chi connectivity index (χ0v) is 7.93. The molecule has 0 aliphatic heterocycles. The number of aliphatic hydroxyl groups is 1. The van der Waals surface area contributed by atoms with Crippen LogP contribution in [0.25, 0.3) is 0 Å². The van der Waals surface area contributed by atoms with Gasteiger partial charge in [0.25, 0.3) is 0 Å². The van der Waals surface area contributed by atoms with E-state index in [0.29, 0.717) is 5.56 Å². The summed E-state index contributed by atoms with van der Waals surface area (Å²) >= 11 is 0. The molecular weight excluding hydrogens is 180 g/mol. The van der Waals surface area contributed by atoms with Gasteiger partial charge in [0, 0.05) is 12.5 Å². The van der Waals surface area contributed by atoms with Crippen LogP contribution in [0.15, 0.2) is 42.7 Å². The van der Waals surface area contributed by atoms with Crippen molar-refractivity contribution in [3.63, 3.8) is 0 Å². The van der Waals surface area contributed by atoms with E-state index in [9.17, 15) is 9.90 Å². The molecule has 0 unspecified atom stereocenters. The maximum absolute atomic E-state index is 10.8. The third-order valence-corrected chi connectivity index (χ3v) is 1.69. The molecular formula is C11H12O3. The monoisotopic (exact) mass is 192 g/mol. The van der Waals surface area contributed by atoms with Crippen LogP contribution in [-0.4, -0.2) is 11.1 Å². The van der Waals surface area contributed by atoms with Crippen molar-refractivity contribution in [1.29, 1.82) is 0 Å². The van der Waals surface area contributed by atoms with Gasteiger partial charge in [-0.2, -0.15) is 0 Å². The molecule has 0 aromatic heterocycles. The van der Waals surface area contributed by atoms with Gasteiger partial charge in [-0.15, -0.1) is 0 Å². The van der Waals surface area contributed by atoms with Crippen LogP contribution >= 0.6 is 0 Å². The van der Waals surface area contributed by atoms with Crippen LogP contribution in [0.2, 0.25) is 0 Å². The summed E-state index contributed by atoms with van der Waals surface area (Å²) in [7, 11) is 0. The minimum Gasteiger partial charge on any atom is -0.509 e. The third kappa shape index (κ3) is 2.62. The lowest BCUT2D eigenvalue weighted by atomic mass is 10.1. The standard InChI is InChI=1S/C11H12O3/c1-8(12)11(14-9(2)13)10-6-4-3-5-7-10/h3-7,11-12H,1H2,2H3/t11-/m0/s1. The number of ether oxygens (including phenoxy) is 1. The molecule has 14 heavy (non-hydrogen) atoms. The number of hydrogen-bond donors (Lipinski definition) is 1. The van der Waals surface area contributed by atoms with E-state index in [1.807, 2.05) is 6.07 Å². The van der Waals surface area contributed by atoms with Gasteiger partial charge in [0.2, 0.25) is 0 Å². The Bertz CT molecular complexity index is 330. The molecule has 0 saturated carbocycles. The molecule has 1 N–H and O–H groups in total. The molecule has 0 aliphatic rings. The molecule has 0 spiro atoms. The number of esters is 1. The maximum atomic E-state index is 10.8. The zero-order chi connectivity index (χ0) is 10.6. The highest BCUT2D eigenvalue weighted by atomic mass is 16.6. The Morgan fingerprint density at radius 2 is 2.00 bits per heavy atom. The lowest BCUT2D eigenvalue weighted by Gasteiger charge is -2.15. The van der Waals surface area contributed by atoms with E-state index in [4.69, 9.17) is 4.74 Å². The van der Waals surface area contributed by atoms with E-state index in [-0.39, 0.29) is 5.76 Å². The molecule has 0 aliphatic carbocycles. The second-order valence-corrected chi connectivity index (χ2v) is 2.89. The molecule has 0 bridgehead atoms. The topological polar surface area (TPSA) is 46.5 Å². The van der Waals surface area contributed by atoms with E-state index >= 15 is 0 Å². The summed E-state index contributed by atoms with van der Waals surface area (Å²) in [6.45, 7) is 4.65. The predicted octanol–water partition coefficient (Wildman–Crippen LogP) is 2.36. The largest absolute Gasteiger partial charge is 0.509 e. The fourth-order valence-corrected chi connectivity index (χ4v) is 1.12. The van der Waals surface area contributed by atoms with Gasteiger partial charge < -0.3 is 9.84 Å². The molecule has 0 amide bonds. The van der Waals surface area contributed by atoms with Crippen molar-refractivity contribution >= 4 is 5.97 Å². The summed E-state index contributed by atoms with van der Waals surface area (Å²) in [5.41, 5.74) is 0.704. The van der Waals surface area contributed by atoms with E-state index in [1.165, 1.54) is 6.92 Å². The van der Waals surface area contributed by atoms with Crippen LogP contribution < -0.4 is 0 Å². The summed E-state index contributed by atoms with van der Waals surface area (Å²) in [6.07, 6.45) is -0.770. The Labute approximate surface area is 82.6 Å². The normalized spacial score (nSPS) is 11.8. The summed E-state index contributed by atoms with van der Waals surface area (Å²) in [4.78, 5) is 10.8. The van der Waals surface area contributed by atoms with Crippen molar-refractivity contribution in [1.82, 2.24) is 0 Å². The van der Waals surface area contributed by atoms with E-state index in [0.717, 1.165) is 0 Å². The van der Waals surface area contributed by atoms with Crippen LogP contribution in [0.4, 0.5) is 0 Å². The lowest BCUT2D eigenvalue weighted by Crippen LogP contribution is -2.10. The van der Waals surface area contributed by atoms with Crippen molar-refractivity contribution in [3.8, 4) is 0 Å². The summed E-state index contributed by atoms with van der Waals surface area (Å²) in [6, 6.07) is 8.96. The number of aliphatic hydroxyl groups excluding tert-OH is 1. The molecule has 3 nitrogen and oxygen atoms in total. The minimum atomic E-state index is -0.770. The molecule has 74 valence electrons. The molecule has 1 aromatic rings. The maximum Gasteiger partial charge on any atom is 0.303 e. The number of rotatable bonds is 3. The molecule has 3 heteroatoms. The third-order valence-electron chi connectivity index (χ3n) is 1.69. The van der Waals surface area contributed by atoms with Gasteiger partial charge in [0.05, 0.1) is 0 Å². The summed E-state index contributed by atoms with van der Waals surface area (Å²) in [5.74, 6) is -0.625. The van der Waals surface area contributed by atoms with Gasteiger partial charge >= 0.3 is 5.97 Å². The average Bonchev–Trinajstić information content (AvgIpc) is 2.15. The van der Waals surface area contributed by atoms with Gasteiger partial charge in [-0.25, -0.2) is 0 Å². The van der Waals surface area contributed by atoms with Crippen LogP contribution in [0.5, 0.6) is 0 Å². The number of hydrogen-bond acceptors (Lipinski definition) is 3. The first kappa shape index (κ1) is 10.3. The van der Waals surface area contributed by atoms with Gasteiger partial charge in [-0.1, -0.05) is 36.9 Å². The average molecular weight is 192 g/mol. The van der Waals surface area contributed by atoms with E-state index < -0.39 is 12.1 Å². The zero-order valence-electron chi connectivity index (χ0n) is 7.93. The SMILES string of the molecule is C=C(O)[C@H](OC(C)=O)c1ccccc1. The molecule has 0 radical (unpaired) electrons. The quantitative estimate of drug-likeness (QED) is 0.590. The highest BCUT2D eigenvalue weighted by Crippen LogP contribution is 2.22. The first-order chi connectivity index (χ1) is 6.61. The molecule has 1 rings (SSSR count). The Hall–Kier alpha value is -1.77. The predicted molar refractivity (Wildman–Crippen MR) is 52.7 cm³/mol. The second kappa shape index (κ2) is 4.46. The smallest absolute Gasteiger partial charge is 0.303 e. The molecule has 0 saturated heterocycles. The highest BCUT2D eigenvalue weighted by molar-refractivity contribution is 5.66. The van der Waals surface area contributed by atoms with Crippen LogP contribution in [-0.2, 0) is 9.53 Å². The van der Waals surface area contributed by atoms with Gasteiger partial charge in [0.1, 0.15) is 5.76 Å². The van der Waals surface area contributed by atoms with Gasteiger partial charge in [0.15, 0.2) is 6.10 Å². The Morgan fingerprint density at radius 1 is 1.43 bits per heavy atom. The Morgan fingerprint density at radius 3 is 2.43 bits per heavy atom. The highest BCUT2D eigenvalue weighted by Gasteiger charge is 2.16. The Kier molecular flexibility index (Phi) is 3.29. The van der Waals surface area contributed by atoms with Crippen molar-refractivity contribution in [2.24, 2.45) is 0 Å². The lowest BCUT2D eigenvalue weighted by molar-refractivity contribution is -0.146. The van der Waals surface area contributed by atoms with Crippen LogP contribution in [0.1, 0.15) is 18.6 Å². The molecule has 0 heterocycles. The first-order valence-electron chi connectivity index (χ1n) is 4.21. The van der Waals surface area contributed by atoms with Crippen LogP contribution in [0.3, 0.4) is 0 Å². The second-order valence-electron chi connectivity index (χ2n) is 2.89.